The van der Waals surface area contributed by atoms with Gasteiger partial charge in [0.25, 0.3) is 5.91 Å². The second kappa shape index (κ2) is 7.20. The van der Waals surface area contributed by atoms with E-state index in [0.29, 0.717) is 41.8 Å². The first-order valence-electron chi connectivity index (χ1n) is 7.41. The van der Waals surface area contributed by atoms with Crippen LogP contribution in [0.4, 0.5) is 0 Å². The molecule has 0 saturated carbocycles. The number of morpholine rings is 1. The topological polar surface area (TPSA) is 48.0 Å². The zero-order valence-electron chi connectivity index (χ0n) is 13.4. The highest BCUT2D eigenvalue weighted by Gasteiger charge is 2.27. The van der Waals surface area contributed by atoms with Crippen LogP contribution >= 0.6 is 11.6 Å². The average Bonchev–Trinajstić information content (AvgIpc) is 2.47. The summed E-state index contributed by atoms with van der Waals surface area (Å²) in [6.07, 6.45) is 0.0422. The van der Waals surface area contributed by atoms with Gasteiger partial charge in [0, 0.05) is 18.7 Å². The van der Waals surface area contributed by atoms with E-state index in [1.165, 1.54) is 7.11 Å². The summed E-state index contributed by atoms with van der Waals surface area (Å²) in [5.41, 5.74) is 0.492. The fourth-order valence-electron chi connectivity index (χ4n) is 2.65. The molecule has 1 aliphatic rings. The number of hydrogen-bond acceptors (Lipinski definition) is 4. The third-order valence-electron chi connectivity index (χ3n) is 3.47. The molecule has 1 fully saturated rings. The summed E-state index contributed by atoms with van der Waals surface area (Å²) < 4.78 is 16.4. The number of nitrogens with zero attached hydrogens (tertiary/aromatic N) is 1. The standard InChI is InChI=1S/C16H22ClNO4/c1-5-21-15-13(17)6-12(7-14(15)20-4)16(19)18-8-10(2)22-11(3)9-18/h6-7,10-11H,5,8-9H2,1-4H3. The Balaban J connectivity index is 2.28. The fraction of sp³-hybridized carbons (Fsp3) is 0.562. The molecule has 1 aliphatic heterocycles. The van der Waals surface area contributed by atoms with E-state index < -0.39 is 0 Å². The summed E-state index contributed by atoms with van der Waals surface area (Å²) in [5.74, 6) is 0.851. The number of amides is 1. The number of hydrogen-bond donors (Lipinski definition) is 0. The van der Waals surface area contributed by atoms with Crippen molar-refractivity contribution in [2.24, 2.45) is 0 Å². The Morgan fingerprint density at radius 1 is 1.36 bits per heavy atom. The van der Waals surface area contributed by atoms with Crippen LogP contribution in [-0.4, -0.2) is 49.8 Å². The number of carbonyl (C=O) groups is 1. The zero-order chi connectivity index (χ0) is 16.3. The van der Waals surface area contributed by atoms with Gasteiger partial charge in [-0.25, -0.2) is 0 Å². The van der Waals surface area contributed by atoms with Crippen LogP contribution in [0.1, 0.15) is 31.1 Å². The quantitative estimate of drug-likeness (QED) is 0.853. The lowest BCUT2D eigenvalue weighted by atomic mass is 10.1. The molecule has 0 spiro atoms. The lowest BCUT2D eigenvalue weighted by Gasteiger charge is -2.35. The molecule has 0 aliphatic carbocycles. The van der Waals surface area contributed by atoms with Crippen molar-refractivity contribution in [2.75, 3.05) is 26.8 Å². The van der Waals surface area contributed by atoms with Crippen molar-refractivity contribution in [1.29, 1.82) is 0 Å². The molecule has 1 saturated heterocycles. The molecule has 0 radical (unpaired) electrons. The third-order valence-corrected chi connectivity index (χ3v) is 3.75. The van der Waals surface area contributed by atoms with Crippen LogP contribution < -0.4 is 9.47 Å². The van der Waals surface area contributed by atoms with Crippen molar-refractivity contribution in [2.45, 2.75) is 33.0 Å². The van der Waals surface area contributed by atoms with Crippen LogP contribution in [0, 0.1) is 0 Å². The minimum Gasteiger partial charge on any atom is -0.493 e. The van der Waals surface area contributed by atoms with Crippen molar-refractivity contribution in [3.8, 4) is 11.5 Å². The Morgan fingerprint density at radius 3 is 2.55 bits per heavy atom. The lowest BCUT2D eigenvalue weighted by molar-refractivity contribution is -0.0586. The zero-order valence-corrected chi connectivity index (χ0v) is 14.1. The van der Waals surface area contributed by atoms with E-state index in [0.717, 1.165) is 0 Å². The second-order valence-electron chi connectivity index (χ2n) is 5.39. The Kier molecular flexibility index (Phi) is 5.53. The van der Waals surface area contributed by atoms with Gasteiger partial charge in [0.15, 0.2) is 11.5 Å². The predicted octanol–water partition coefficient (Wildman–Crippen LogP) is 3.00. The van der Waals surface area contributed by atoms with Gasteiger partial charge >= 0.3 is 0 Å². The molecular formula is C16H22ClNO4. The number of methoxy groups -OCH3 is 1. The van der Waals surface area contributed by atoms with Gasteiger partial charge in [0.1, 0.15) is 0 Å². The molecule has 5 nitrogen and oxygen atoms in total. The van der Waals surface area contributed by atoms with Gasteiger partial charge < -0.3 is 19.1 Å². The number of benzene rings is 1. The maximum absolute atomic E-state index is 12.7. The molecule has 2 rings (SSSR count). The molecule has 122 valence electrons. The fourth-order valence-corrected chi connectivity index (χ4v) is 2.92. The summed E-state index contributed by atoms with van der Waals surface area (Å²) >= 11 is 6.23. The molecule has 1 aromatic carbocycles. The van der Waals surface area contributed by atoms with Crippen LogP contribution in [0.5, 0.6) is 11.5 Å². The summed E-state index contributed by atoms with van der Waals surface area (Å²) in [4.78, 5) is 14.5. The lowest BCUT2D eigenvalue weighted by Crippen LogP contribution is -2.48. The summed E-state index contributed by atoms with van der Waals surface area (Å²) in [5, 5.41) is 0.374. The Morgan fingerprint density at radius 2 is 2.00 bits per heavy atom. The first-order chi connectivity index (χ1) is 10.5. The van der Waals surface area contributed by atoms with Crippen molar-refractivity contribution >= 4 is 17.5 Å². The van der Waals surface area contributed by atoms with Crippen LogP contribution in [0.2, 0.25) is 5.02 Å². The molecule has 6 heteroatoms. The molecule has 1 aromatic rings. The van der Waals surface area contributed by atoms with E-state index >= 15 is 0 Å². The molecule has 1 amide bonds. The SMILES string of the molecule is CCOc1c(Cl)cc(C(=O)N2CC(C)OC(C)C2)cc1OC. The number of carbonyl (C=O) groups excluding carboxylic acids is 1. The Bertz CT molecular complexity index is 539. The Hall–Kier alpha value is -1.46. The summed E-state index contributed by atoms with van der Waals surface area (Å²) in [6.45, 7) is 7.39. The monoisotopic (exact) mass is 327 g/mol. The average molecular weight is 328 g/mol. The highest BCUT2D eigenvalue weighted by atomic mass is 35.5. The number of ether oxygens (including phenoxy) is 3. The molecule has 0 aromatic heterocycles. The maximum atomic E-state index is 12.7. The van der Waals surface area contributed by atoms with Crippen molar-refractivity contribution < 1.29 is 19.0 Å². The summed E-state index contributed by atoms with van der Waals surface area (Å²) in [7, 11) is 1.53. The van der Waals surface area contributed by atoms with Gasteiger partial charge in [-0.3, -0.25) is 4.79 Å². The first kappa shape index (κ1) is 16.9. The van der Waals surface area contributed by atoms with Gasteiger partial charge in [0.2, 0.25) is 0 Å². The van der Waals surface area contributed by atoms with E-state index in [2.05, 4.69) is 0 Å². The minimum absolute atomic E-state index is 0.0211. The Labute approximate surface area is 136 Å². The minimum atomic E-state index is -0.0785. The van der Waals surface area contributed by atoms with E-state index in [-0.39, 0.29) is 18.1 Å². The molecular weight excluding hydrogens is 306 g/mol. The first-order valence-corrected chi connectivity index (χ1v) is 7.79. The largest absolute Gasteiger partial charge is 0.493 e. The third kappa shape index (κ3) is 3.65. The molecule has 2 unspecified atom stereocenters. The molecule has 1 heterocycles. The molecule has 2 atom stereocenters. The molecule has 0 bridgehead atoms. The van der Waals surface area contributed by atoms with E-state index in [4.69, 9.17) is 25.8 Å². The molecule has 22 heavy (non-hydrogen) atoms. The van der Waals surface area contributed by atoms with Gasteiger partial charge in [-0.2, -0.15) is 0 Å². The van der Waals surface area contributed by atoms with Crippen molar-refractivity contribution in [1.82, 2.24) is 4.90 Å². The number of rotatable bonds is 4. The predicted molar refractivity (Wildman–Crippen MR) is 85.1 cm³/mol. The van der Waals surface area contributed by atoms with Crippen LogP contribution in [0.15, 0.2) is 12.1 Å². The highest BCUT2D eigenvalue weighted by molar-refractivity contribution is 6.32. The normalized spacial score (nSPS) is 21.6. The van der Waals surface area contributed by atoms with Crippen LogP contribution in [0.25, 0.3) is 0 Å². The van der Waals surface area contributed by atoms with Crippen molar-refractivity contribution in [3.63, 3.8) is 0 Å². The smallest absolute Gasteiger partial charge is 0.254 e. The number of halogens is 1. The van der Waals surface area contributed by atoms with Gasteiger partial charge in [-0.15, -0.1) is 0 Å². The second-order valence-corrected chi connectivity index (χ2v) is 5.80. The van der Waals surface area contributed by atoms with Crippen LogP contribution in [-0.2, 0) is 4.74 Å². The van der Waals surface area contributed by atoms with Gasteiger partial charge in [-0.05, 0) is 32.9 Å². The summed E-state index contributed by atoms with van der Waals surface area (Å²) in [6, 6.07) is 3.30. The van der Waals surface area contributed by atoms with E-state index in [1.807, 2.05) is 20.8 Å². The van der Waals surface area contributed by atoms with E-state index in [1.54, 1.807) is 17.0 Å². The molecule has 0 N–H and O–H groups in total. The van der Waals surface area contributed by atoms with Crippen LogP contribution in [0.3, 0.4) is 0 Å². The highest BCUT2D eigenvalue weighted by Crippen LogP contribution is 2.36. The maximum Gasteiger partial charge on any atom is 0.254 e. The van der Waals surface area contributed by atoms with E-state index in [9.17, 15) is 4.79 Å². The van der Waals surface area contributed by atoms with Gasteiger partial charge in [0.05, 0.1) is 30.9 Å². The van der Waals surface area contributed by atoms with Gasteiger partial charge in [-0.1, -0.05) is 11.6 Å². The van der Waals surface area contributed by atoms with Crippen molar-refractivity contribution in [3.05, 3.63) is 22.7 Å².